The Hall–Kier alpha value is -0.420. The van der Waals surface area contributed by atoms with Gasteiger partial charge in [0.15, 0.2) is 4.77 Å². The number of nitrogens with zero attached hydrogens (tertiary/aromatic N) is 1. The van der Waals surface area contributed by atoms with Gasteiger partial charge >= 0.3 is 0 Å². The Balaban J connectivity index is 3.59. The molecule has 0 atom stereocenters. The van der Waals surface area contributed by atoms with Crippen LogP contribution < -0.4 is 5.56 Å². The van der Waals surface area contributed by atoms with Crippen LogP contribution in [0.1, 0.15) is 5.56 Å². The second-order valence-electron chi connectivity index (χ2n) is 1.88. The van der Waals surface area contributed by atoms with Crippen LogP contribution in [0, 0.1) is 11.7 Å². The van der Waals surface area contributed by atoms with Gasteiger partial charge in [-0.25, -0.2) is 0 Å². The van der Waals surface area contributed by atoms with E-state index in [9.17, 15) is 4.79 Å². The maximum absolute atomic E-state index is 10.8. The lowest BCUT2D eigenvalue weighted by Crippen LogP contribution is -2.11. The van der Waals surface area contributed by atoms with E-state index in [1.807, 2.05) is 0 Å². The zero-order valence-electron chi connectivity index (χ0n) is 5.22. The summed E-state index contributed by atoms with van der Waals surface area (Å²) in [5.41, 5.74) is 0.492. The topological polar surface area (TPSA) is 37.8 Å². The van der Waals surface area contributed by atoms with Gasteiger partial charge in [0.05, 0.1) is 16.1 Å². The summed E-state index contributed by atoms with van der Waals surface area (Å²) >= 11 is 7.88. The lowest BCUT2D eigenvalue weighted by molar-refractivity contribution is 1.02. The highest BCUT2D eigenvalue weighted by molar-refractivity contribution is 9.08. The molecule has 3 nitrogen and oxygen atoms in total. The van der Waals surface area contributed by atoms with Gasteiger partial charge in [0.25, 0.3) is 5.56 Å². The lowest BCUT2D eigenvalue weighted by atomic mass is 10.4. The third kappa shape index (κ3) is 1.35. The van der Waals surface area contributed by atoms with Crippen molar-refractivity contribution in [1.82, 2.24) is 8.58 Å². The monoisotopic (exact) mass is 220 g/mol. The highest BCUT2D eigenvalue weighted by atomic mass is 79.9. The normalized spacial score (nSPS) is 9.80. The average molecular weight is 221 g/mol. The molecule has 1 N–H and O–H groups in total. The third-order valence-electron chi connectivity index (χ3n) is 1.08. The molecule has 0 radical (unpaired) electrons. The van der Waals surface area contributed by atoms with Crippen molar-refractivity contribution in [3.8, 4) is 0 Å². The van der Waals surface area contributed by atoms with Gasteiger partial charge in [-0.2, -0.15) is 0 Å². The van der Waals surface area contributed by atoms with E-state index in [0.717, 1.165) is 0 Å². The van der Waals surface area contributed by atoms with Crippen LogP contribution in [0.25, 0.3) is 0 Å². The second-order valence-corrected chi connectivity index (χ2v) is 3.03. The Morgan fingerprint density at radius 1 is 1.80 bits per heavy atom. The molecule has 1 aromatic heterocycles. The van der Waals surface area contributed by atoms with E-state index in [1.165, 1.54) is 3.59 Å². The Kier molecular flexibility index (Phi) is 2.05. The van der Waals surface area contributed by atoms with Crippen LogP contribution in [0.15, 0.2) is 11.0 Å². The van der Waals surface area contributed by atoms with Gasteiger partial charge in [-0.05, 0) is 19.1 Å². The van der Waals surface area contributed by atoms with Crippen molar-refractivity contribution >= 4 is 28.4 Å². The van der Waals surface area contributed by atoms with Gasteiger partial charge in [0, 0.05) is 11.8 Å². The van der Waals surface area contributed by atoms with E-state index < -0.39 is 0 Å². The van der Waals surface area contributed by atoms with Crippen molar-refractivity contribution in [2.75, 3.05) is 0 Å². The highest BCUT2D eigenvalue weighted by Crippen LogP contribution is 1.94. The molecule has 54 valence electrons. The summed E-state index contributed by atoms with van der Waals surface area (Å²) in [6, 6.07) is 0. The third-order valence-corrected chi connectivity index (χ3v) is 2.17. The van der Waals surface area contributed by atoms with Crippen LogP contribution in [0.5, 0.6) is 0 Å². The highest BCUT2D eigenvalue weighted by Gasteiger charge is 1.92. The molecule has 1 rings (SSSR count). The van der Waals surface area contributed by atoms with Gasteiger partial charge in [-0.3, -0.25) is 13.4 Å². The van der Waals surface area contributed by atoms with E-state index in [0.29, 0.717) is 10.3 Å². The number of rotatable bonds is 0. The first-order valence-electron chi connectivity index (χ1n) is 2.60. The summed E-state index contributed by atoms with van der Waals surface area (Å²) in [6.07, 6.45) is 1.63. The van der Waals surface area contributed by atoms with Crippen LogP contribution >= 0.6 is 28.4 Å². The maximum atomic E-state index is 10.8. The van der Waals surface area contributed by atoms with Crippen LogP contribution in [0.4, 0.5) is 0 Å². The molecule has 0 fully saturated rings. The molecule has 5 heteroatoms. The summed E-state index contributed by atoms with van der Waals surface area (Å²) in [4.78, 5) is 13.3. The number of hydrogen-bond donors (Lipinski definition) is 1. The summed E-state index contributed by atoms with van der Waals surface area (Å²) < 4.78 is 1.88. The summed E-state index contributed by atoms with van der Waals surface area (Å²) in [7, 11) is 0. The predicted octanol–water partition coefficient (Wildman–Crippen LogP) is 1.37. The first-order valence-corrected chi connectivity index (χ1v) is 3.72. The molecule has 0 spiro atoms. The van der Waals surface area contributed by atoms with Gasteiger partial charge in [0.1, 0.15) is 0 Å². The minimum atomic E-state index is -0.138. The van der Waals surface area contributed by atoms with E-state index in [-0.39, 0.29) is 5.56 Å². The number of halogens is 1. The smallest absolute Gasteiger partial charge is 0.254 e. The zero-order chi connectivity index (χ0) is 7.72. The van der Waals surface area contributed by atoms with Crippen LogP contribution in [-0.2, 0) is 0 Å². The average Bonchev–Trinajstić information content (AvgIpc) is 1.84. The number of aryl methyl sites for hydroxylation is 1. The minimum Gasteiger partial charge on any atom is -0.298 e. The lowest BCUT2D eigenvalue weighted by Gasteiger charge is -1.94. The molecular weight excluding hydrogens is 216 g/mol. The minimum absolute atomic E-state index is 0.138. The molecule has 0 bridgehead atoms. The fourth-order valence-corrected chi connectivity index (χ4v) is 1.08. The fraction of sp³-hybridized carbons (Fsp3) is 0.200. The van der Waals surface area contributed by atoms with E-state index in [1.54, 1.807) is 13.1 Å². The summed E-state index contributed by atoms with van der Waals surface area (Å²) in [5.74, 6) is 0. The van der Waals surface area contributed by atoms with E-state index in [2.05, 4.69) is 21.1 Å². The molecular formula is C5H5BrN2OS. The molecule has 0 aliphatic rings. The zero-order valence-corrected chi connectivity index (χ0v) is 7.62. The first kappa shape index (κ1) is 7.68. The number of H-pyrrole nitrogens is 1. The molecule has 0 unspecified atom stereocenters. The largest absolute Gasteiger partial charge is 0.298 e. The molecule has 0 aliphatic heterocycles. The number of aromatic amines is 1. The van der Waals surface area contributed by atoms with Crippen molar-refractivity contribution in [1.29, 1.82) is 0 Å². The molecule has 0 aromatic carbocycles. The van der Waals surface area contributed by atoms with Crippen molar-refractivity contribution in [3.63, 3.8) is 0 Å². The maximum Gasteiger partial charge on any atom is 0.254 e. The SMILES string of the molecule is Cc1cn(Br)c(=S)[nH]c1=O. The standard InChI is InChI=1S/C5H5BrN2OS/c1-3-2-8(6)5(10)7-4(3)9/h2H,1H3,(H,7,9,10). The molecule has 10 heavy (non-hydrogen) atoms. The van der Waals surface area contributed by atoms with Crippen LogP contribution in [0.3, 0.4) is 0 Å². The Morgan fingerprint density at radius 3 is 2.90 bits per heavy atom. The van der Waals surface area contributed by atoms with Gasteiger partial charge in [-0.1, -0.05) is 0 Å². The molecule has 0 amide bonds. The molecule has 0 aliphatic carbocycles. The fourth-order valence-electron chi connectivity index (χ4n) is 0.536. The Bertz CT molecular complexity index is 322. The molecule has 0 saturated carbocycles. The molecule has 1 heterocycles. The quantitative estimate of drug-likeness (QED) is 0.672. The van der Waals surface area contributed by atoms with Gasteiger partial charge in [-0.15, -0.1) is 0 Å². The number of hydrogen-bond acceptors (Lipinski definition) is 2. The number of aromatic nitrogens is 2. The van der Waals surface area contributed by atoms with E-state index >= 15 is 0 Å². The van der Waals surface area contributed by atoms with Crippen molar-refractivity contribution in [3.05, 3.63) is 26.9 Å². The number of nitrogens with one attached hydrogen (secondary N) is 1. The second kappa shape index (κ2) is 2.67. The molecule has 1 aromatic rings. The Morgan fingerprint density at radius 2 is 2.40 bits per heavy atom. The van der Waals surface area contributed by atoms with Crippen molar-refractivity contribution < 1.29 is 0 Å². The first-order chi connectivity index (χ1) is 4.61. The van der Waals surface area contributed by atoms with Crippen LogP contribution in [0.2, 0.25) is 0 Å². The molecule has 0 saturated heterocycles. The Labute approximate surface area is 71.0 Å². The van der Waals surface area contributed by atoms with Gasteiger partial charge < -0.3 is 0 Å². The van der Waals surface area contributed by atoms with E-state index in [4.69, 9.17) is 12.2 Å². The summed E-state index contributed by atoms with van der Waals surface area (Å²) in [6.45, 7) is 1.71. The predicted molar refractivity (Wildman–Crippen MR) is 44.9 cm³/mol. The van der Waals surface area contributed by atoms with Crippen molar-refractivity contribution in [2.45, 2.75) is 6.92 Å². The summed E-state index contributed by atoms with van der Waals surface area (Å²) in [5, 5.41) is 0. The van der Waals surface area contributed by atoms with Crippen molar-refractivity contribution in [2.24, 2.45) is 0 Å². The van der Waals surface area contributed by atoms with Crippen LogP contribution in [-0.4, -0.2) is 8.58 Å². The van der Waals surface area contributed by atoms with Gasteiger partial charge in [0.2, 0.25) is 0 Å².